The highest BCUT2D eigenvalue weighted by atomic mass is 16.3. The Balaban J connectivity index is 1.36. The van der Waals surface area contributed by atoms with Crippen molar-refractivity contribution < 1.29 is 74.7 Å². The molecule has 3 aromatic rings. The molecule has 0 radical (unpaired) electrons. The first-order valence-corrected chi connectivity index (χ1v) is 23.1. The summed E-state index contributed by atoms with van der Waals surface area (Å²) < 4.78 is 0. The van der Waals surface area contributed by atoms with Crippen molar-refractivity contribution in [3.8, 4) is 17.6 Å². The lowest BCUT2D eigenvalue weighted by Gasteiger charge is -2.34. The number of amides is 6. The van der Waals surface area contributed by atoms with Gasteiger partial charge >= 0.3 is 0 Å². The zero-order valence-corrected chi connectivity index (χ0v) is 39.1. The lowest BCUT2D eigenvalue weighted by Crippen LogP contribution is -2.64. The molecule has 6 rings (SSSR count). The summed E-state index contributed by atoms with van der Waals surface area (Å²) in [5.74, 6) is -1.91. The Morgan fingerprint density at radius 3 is 1.82 bits per heavy atom. The van der Waals surface area contributed by atoms with Crippen molar-refractivity contribution >= 4 is 35.4 Å². The van der Waals surface area contributed by atoms with Gasteiger partial charge in [0, 0.05) is 49.5 Å². The smallest absolute Gasteiger partial charge is 0.248 e. The Hall–Kier alpha value is -6.52. The molecule has 3 fully saturated rings. The van der Waals surface area contributed by atoms with E-state index >= 15 is 0 Å². The van der Waals surface area contributed by atoms with Crippen molar-refractivity contribution in [1.29, 1.82) is 0 Å². The van der Waals surface area contributed by atoms with Crippen LogP contribution in [0.1, 0.15) is 62.0 Å². The number of aromatic hydroxyl groups is 1. The molecule has 3 heterocycles. The molecule has 0 spiro atoms. The monoisotopic (exact) mass is 987 g/mol. The number of fused-ring (bicyclic) bond motifs is 2. The van der Waals surface area contributed by atoms with Gasteiger partial charge in [-0.3, -0.25) is 28.8 Å². The van der Waals surface area contributed by atoms with E-state index < -0.39 is 146 Å². The number of benzene rings is 3. The maximum absolute atomic E-state index is 14.3. The number of aliphatic hydroxyl groups excluding tert-OH is 8. The Morgan fingerprint density at radius 2 is 1.21 bits per heavy atom. The first-order valence-electron chi connectivity index (χ1n) is 23.1. The van der Waals surface area contributed by atoms with Gasteiger partial charge in [-0.25, -0.2) is 0 Å². The third kappa shape index (κ3) is 13.1. The van der Waals surface area contributed by atoms with Gasteiger partial charge in [0.2, 0.25) is 35.4 Å². The predicted molar refractivity (Wildman–Crippen MR) is 249 cm³/mol. The van der Waals surface area contributed by atoms with E-state index in [-0.39, 0.29) is 24.4 Å². The average molecular weight is 988 g/mol. The number of hydrogen-bond acceptors (Lipinski definition) is 16. The number of carbonyl (C=O) groups is 6. The summed E-state index contributed by atoms with van der Waals surface area (Å²) in [6.45, 7) is 2.84. The molecule has 382 valence electrons. The summed E-state index contributed by atoms with van der Waals surface area (Å²) in [6, 6.07) is 10.0. The van der Waals surface area contributed by atoms with E-state index in [1.165, 1.54) is 31.2 Å². The van der Waals surface area contributed by atoms with E-state index in [1.807, 2.05) is 30.3 Å². The van der Waals surface area contributed by atoms with Gasteiger partial charge in [-0.05, 0) is 61.4 Å². The van der Waals surface area contributed by atoms with Crippen LogP contribution in [0, 0.1) is 17.8 Å². The van der Waals surface area contributed by atoms with Crippen LogP contribution in [0.3, 0.4) is 0 Å². The zero-order valence-electron chi connectivity index (χ0n) is 39.1. The lowest BCUT2D eigenvalue weighted by atomic mass is 9.96. The van der Waals surface area contributed by atoms with E-state index in [1.54, 1.807) is 24.3 Å². The molecule has 0 saturated carbocycles. The number of carbonyl (C=O) groups excluding carboxylic acids is 6. The standard InChI is InChI=1S/C49H61N7O15/c1-24-22-56-39(40(24)62)47(69)54-45(67)35(61)20-33(50-21-29-13-11-28(12-14-29)10-9-27-7-5-4-6-8-27)43(65)51-36(25(2)57)48(70)55-23-32(60)19-34(55)44(66)53-38(46(68)52-37(26(3)58)49(56)71)42(64)41(63)30-15-17-31(59)18-16-30/h4-8,11-18,24-26,32-42,45,50,57-64,67H,19-23H2,1-3H3,(H,51,65)(H,52,68)(H,53,66)(H,54,69)/t24-,25+,26+,32+,33-,34-,35+,36-,37-,38-,39-,40-,41-,42-,45-/m0/s1. The molecular weight excluding hydrogens is 927 g/mol. The summed E-state index contributed by atoms with van der Waals surface area (Å²) in [5.41, 5.74) is 2.04. The Labute approximate surface area is 408 Å². The largest absolute Gasteiger partial charge is 0.508 e. The Kier molecular flexibility index (Phi) is 17.9. The molecule has 3 aliphatic heterocycles. The molecule has 3 aromatic carbocycles. The molecule has 14 N–H and O–H groups in total. The average Bonchev–Trinajstić information content (AvgIpc) is 3.89. The normalized spacial score (nSPS) is 29.9. The molecule has 0 aliphatic carbocycles. The predicted octanol–water partition coefficient (Wildman–Crippen LogP) is -4.07. The van der Waals surface area contributed by atoms with Gasteiger partial charge in [-0.15, -0.1) is 0 Å². The topological polar surface area (TPSA) is 351 Å². The molecule has 15 atom stereocenters. The third-order valence-electron chi connectivity index (χ3n) is 12.8. The second kappa shape index (κ2) is 23.6. The van der Waals surface area contributed by atoms with Crippen LogP contribution >= 0.6 is 0 Å². The molecule has 3 aliphatic rings. The molecule has 22 nitrogen and oxygen atoms in total. The third-order valence-corrected chi connectivity index (χ3v) is 12.8. The number of rotatable bonds is 8. The van der Waals surface area contributed by atoms with Crippen LogP contribution in [0.2, 0.25) is 0 Å². The Morgan fingerprint density at radius 1 is 0.648 bits per heavy atom. The highest BCUT2D eigenvalue weighted by molar-refractivity contribution is 5.98. The van der Waals surface area contributed by atoms with Gasteiger partial charge in [0.25, 0.3) is 0 Å². The zero-order chi connectivity index (χ0) is 51.8. The summed E-state index contributed by atoms with van der Waals surface area (Å²) in [7, 11) is 0. The molecule has 6 amide bonds. The van der Waals surface area contributed by atoms with Crippen LogP contribution in [-0.2, 0) is 35.3 Å². The van der Waals surface area contributed by atoms with E-state index in [2.05, 4.69) is 38.4 Å². The van der Waals surface area contributed by atoms with Crippen molar-refractivity contribution in [2.24, 2.45) is 5.92 Å². The van der Waals surface area contributed by atoms with Crippen molar-refractivity contribution in [2.45, 2.75) is 125 Å². The summed E-state index contributed by atoms with van der Waals surface area (Å²) in [6.07, 6.45) is -15.9. The van der Waals surface area contributed by atoms with Crippen LogP contribution in [0.4, 0.5) is 0 Å². The van der Waals surface area contributed by atoms with E-state index in [9.17, 15) is 74.7 Å². The van der Waals surface area contributed by atoms with Crippen molar-refractivity contribution in [3.05, 3.63) is 101 Å². The molecule has 0 aromatic heterocycles. The quantitative estimate of drug-likeness (QED) is 0.0955. The first kappa shape index (κ1) is 53.8. The molecule has 71 heavy (non-hydrogen) atoms. The highest BCUT2D eigenvalue weighted by Gasteiger charge is 2.50. The van der Waals surface area contributed by atoms with Crippen molar-refractivity contribution in [1.82, 2.24) is 36.4 Å². The molecule has 3 saturated heterocycles. The summed E-state index contributed by atoms with van der Waals surface area (Å²) >= 11 is 0. The second-order valence-corrected chi connectivity index (χ2v) is 18.3. The minimum Gasteiger partial charge on any atom is -0.508 e. The van der Waals surface area contributed by atoms with Crippen molar-refractivity contribution in [2.75, 3.05) is 13.1 Å². The van der Waals surface area contributed by atoms with Gasteiger partial charge in [-0.1, -0.05) is 61.2 Å². The number of nitrogens with zero attached hydrogens (tertiary/aromatic N) is 2. The number of phenolic OH excluding ortho intramolecular Hbond substituents is 1. The molecule has 0 unspecified atom stereocenters. The molecular formula is C49H61N7O15. The number of phenols is 1. The van der Waals surface area contributed by atoms with Crippen LogP contribution in [0.15, 0.2) is 78.9 Å². The fourth-order valence-corrected chi connectivity index (χ4v) is 8.69. The van der Waals surface area contributed by atoms with Gasteiger partial charge in [-0.2, -0.15) is 0 Å². The van der Waals surface area contributed by atoms with E-state index in [4.69, 9.17) is 0 Å². The maximum Gasteiger partial charge on any atom is 0.248 e. The van der Waals surface area contributed by atoms with Gasteiger partial charge in [0.05, 0.1) is 30.5 Å². The van der Waals surface area contributed by atoms with E-state index in [0.717, 1.165) is 29.2 Å². The highest BCUT2D eigenvalue weighted by Crippen LogP contribution is 2.27. The lowest BCUT2D eigenvalue weighted by molar-refractivity contribution is -0.148. The minimum absolute atomic E-state index is 0.0530. The SMILES string of the molecule is C[C@@H](O)[C@@H]1NC(=O)[C@H]([C@H](O)[C@@H](O)c2ccc(O)cc2)NC(=O)[C@@H]2C[C@@H](O)CN2C(=O)[C@H]([C@@H](C)O)NC(=O)[C@@H](NCc2ccc(C#Cc3ccccc3)cc2)C[C@@H](O)[C@H](O)NC(=O)[C@@H]2[C@@H](O)[C@@H](C)CN2C1=O. The van der Waals surface area contributed by atoms with Crippen LogP contribution in [-0.4, -0.2) is 183 Å². The number of hydrogen-bond donors (Lipinski definition) is 14. The van der Waals surface area contributed by atoms with Gasteiger partial charge < -0.3 is 82.3 Å². The minimum atomic E-state index is -2.26. The summed E-state index contributed by atoms with van der Waals surface area (Å²) in [4.78, 5) is 87.0. The van der Waals surface area contributed by atoms with Crippen molar-refractivity contribution in [3.63, 3.8) is 0 Å². The second-order valence-electron chi connectivity index (χ2n) is 18.3. The van der Waals surface area contributed by atoms with Gasteiger partial charge in [0.1, 0.15) is 54.3 Å². The number of nitrogens with one attached hydrogen (secondary N) is 5. The summed E-state index contributed by atoms with van der Waals surface area (Å²) in [5, 5.41) is 111. The number of aliphatic hydroxyl groups is 8. The fraction of sp³-hybridized carbons (Fsp3) is 0.469. The maximum atomic E-state index is 14.3. The van der Waals surface area contributed by atoms with Crippen LogP contribution in [0.5, 0.6) is 5.75 Å². The fourth-order valence-electron chi connectivity index (χ4n) is 8.69. The molecule has 22 heteroatoms. The van der Waals surface area contributed by atoms with Crippen LogP contribution in [0.25, 0.3) is 0 Å². The van der Waals surface area contributed by atoms with Gasteiger partial charge in [0.15, 0.2) is 6.23 Å². The van der Waals surface area contributed by atoms with E-state index in [0.29, 0.717) is 11.1 Å². The van der Waals surface area contributed by atoms with Crippen LogP contribution < -0.4 is 26.6 Å². The Bertz CT molecular complexity index is 2430. The molecule has 0 bridgehead atoms. The first-order chi connectivity index (χ1) is 33.6.